The van der Waals surface area contributed by atoms with Crippen LogP contribution < -0.4 is 4.74 Å². The number of hydrogen-bond acceptors (Lipinski definition) is 4. The zero-order chi connectivity index (χ0) is 20.3. The van der Waals surface area contributed by atoms with Crippen molar-refractivity contribution in [3.8, 4) is 5.75 Å². The normalized spacial score (nSPS) is 10.9. The molecular formula is C19H18BrClFN3O3. The van der Waals surface area contributed by atoms with Crippen molar-refractivity contribution >= 4 is 33.4 Å². The summed E-state index contributed by atoms with van der Waals surface area (Å²) in [6, 6.07) is 7.12. The lowest BCUT2D eigenvalue weighted by Crippen LogP contribution is -2.27. The lowest BCUT2D eigenvalue weighted by atomic mass is 10.3. The highest BCUT2D eigenvalue weighted by Gasteiger charge is 2.19. The number of rotatable bonds is 7. The molecule has 0 aliphatic carbocycles. The summed E-state index contributed by atoms with van der Waals surface area (Å²) in [7, 11) is 1.69. The van der Waals surface area contributed by atoms with Crippen molar-refractivity contribution in [2.45, 2.75) is 26.6 Å². The fourth-order valence-electron chi connectivity index (χ4n) is 2.61. The number of hydrogen-bond donors (Lipinski definition) is 0. The minimum atomic E-state index is -0.442. The van der Waals surface area contributed by atoms with Crippen LogP contribution in [0, 0.1) is 5.82 Å². The average Bonchev–Trinajstić information content (AvgIpc) is 3.27. The van der Waals surface area contributed by atoms with E-state index in [0.29, 0.717) is 24.6 Å². The number of nitrogens with zero attached hydrogens (tertiary/aromatic N) is 3. The van der Waals surface area contributed by atoms with Crippen LogP contribution in [-0.2, 0) is 19.7 Å². The van der Waals surface area contributed by atoms with Crippen LogP contribution in [0.5, 0.6) is 5.75 Å². The van der Waals surface area contributed by atoms with Crippen LogP contribution in [-0.4, -0.2) is 27.6 Å². The SMILES string of the molecule is CCn1ncc(Br)c1CN(C)C(=O)c1ccc(COc2ccc(F)cc2Cl)o1. The molecule has 0 unspecified atom stereocenters. The number of aromatic nitrogens is 2. The third-order valence-corrected chi connectivity index (χ3v) is 5.02. The molecular weight excluding hydrogens is 453 g/mol. The van der Waals surface area contributed by atoms with E-state index in [9.17, 15) is 9.18 Å². The fraction of sp³-hybridized carbons (Fsp3) is 0.263. The van der Waals surface area contributed by atoms with Gasteiger partial charge in [0.25, 0.3) is 5.91 Å². The fourth-order valence-corrected chi connectivity index (χ4v) is 3.26. The smallest absolute Gasteiger partial charge is 0.289 e. The highest BCUT2D eigenvalue weighted by molar-refractivity contribution is 9.10. The molecule has 2 aromatic heterocycles. The largest absolute Gasteiger partial charge is 0.484 e. The van der Waals surface area contributed by atoms with Gasteiger partial charge in [0.05, 0.1) is 27.9 Å². The number of amides is 1. The summed E-state index contributed by atoms with van der Waals surface area (Å²) in [6.45, 7) is 3.13. The molecule has 0 N–H and O–H groups in total. The van der Waals surface area contributed by atoms with E-state index in [1.54, 1.807) is 30.3 Å². The molecule has 0 bridgehead atoms. The van der Waals surface area contributed by atoms with Crippen LogP contribution in [0.2, 0.25) is 5.02 Å². The predicted octanol–water partition coefficient (Wildman–Crippen LogP) is 4.90. The van der Waals surface area contributed by atoms with E-state index in [-0.39, 0.29) is 23.3 Å². The van der Waals surface area contributed by atoms with E-state index in [0.717, 1.165) is 10.2 Å². The number of benzene rings is 1. The average molecular weight is 471 g/mol. The molecule has 0 fully saturated rings. The van der Waals surface area contributed by atoms with Crippen LogP contribution in [0.25, 0.3) is 0 Å². The Balaban J connectivity index is 1.64. The van der Waals surface area contributed by atoms with Gasteiger partial charge in [-0.1, -0.05) is 11.6 Å². The highest BCUT2D eigenvalue weighted by atomic mass is 79.9. The first-order chi connectivity index (χ1) is 13.4. The van der Waals surface area contributed by atoms with Gasteiger partial charge in [-0.05, 0) is 53.2 Å². The summed E-state index contributed by atoms with van der Waals surface area (Å²) in [5.41, 5.74) is 0.902. The molecule has 3 aromatic rings. The van der Waals surface area contributed by atoms with Gasteiger partial charge in [-0.3, -0.25) is 9.48 Å². The van der Waals surface area contributed by atoms with E-state index in [2.05, 4.69) is 21.0 Å². The first-order valence-corrected chi connectivity index (χ1v) is 9.68. The molecule has 0 atom stereocenters. The standard InChI is InChI=1S/C19H18BrClFN3O3/c1-3-25-16(14(20)9-23-25)10-24(2)19(26)18-7-5-13(28-18)11-27-17-6-4-12(22)8-15(17)21/h4-9H,3,10-11H2,1-2H3. The summed E-state index contributed by atoms with van der Waals surface area (Å²) in [5, 5.41) is 4.41. The lowest BCUT2D eigenvalue weighted by Gasteiger charge is -2.17. The van der Waals surface area contributed by atoms with Crippen molar-refractivity contribution < 1.29 is 18.3 Å². The zero-order valence-electron chi connectivity index (χ0n) is 15.3. The summed E-state index contributed by atoms with van der Waals surface area (Å²) >= 11 is 9.38. The van der Waals surface area contributed by atoms with Crippen LogP contribution >= 0.6 is 27.5 Å². The van der Waals surface area contributed by atoms with E-state index in [4.69, 9.17) is 20.8 Å². The molecule has 28 heavy (non-hydrogen) atoms. The minimum Gasteiger partial charge on any atom is -0.484 e. The van der Waals surface area contributed by atoms with Crippen molar-refractivity contribution in [3.05, 3.63) is 69.1 Å². The van der Waals surface area contributed by atoms with Gasteiger partial charge in [0.1, 0.15) is 23.9 Å². The molecule has 0 radical (unpaired) electrons. The summed E-state index contributed by atoms with van der Waals surface area (Å²) in [6.07, 6.45) is 1.71. The topological polar surface area (TPSA) is 60.5 Å². The Kier molecular flexibility index (Phi) is 6.41. The Morgan fingerprint density at radius 2 is 2.18 bits per heavy atom. The zero-order valence-corrected chi connectivity index (χ0v) is 17.6. The second kappa shape index (κ2) is 8.79. The molecule has 1 aromatic carbocycles. The molecule has 2 heterocycles. The number of aryl methyl sites for hydroxylation is 1. The van der Waals surface area contributed by atoms with Crippen LogP contribution in [0.1, 0.15) is 28.9 Å². The maximum absolute atomic E-state index is 13.1. The maximum Gasteiger partial charge on any atom is 0.289 e. The van der Waals surface area contributed by atoms with E-state index >= 15 is 0 Å². The van der Waals surface area contributed by atoms with Crippen molar-refractivity contribution in [2.75, 3.05) is 7.05 Å². The summed E-state index contributed by atoms with van der Waals surface area (Å²) in [5.74, 6) is 0.285. The summed E-state index contributed by atoms with van der Waals surface area (Å²) < 4.78 is 26.9. The van der Waals surface area contributed by atoms with Crippen molar-refractivity contribution in [1.29, 1.82) is 0 Å². The first-order valence-electron chi connectivity index (χ1n) is 8.51. The number of ether oxygens (including phenoxy) is 1. The number of carbonyl (C=O) groups excluding carboxylic acids is 1. The van der Waals surface area contributed by atoms with E-state index in [1.807, 2.05) is 11.6 Å². The second-order valence-corrected chi connectivity index (χ2v) is 7.31. The summed E-state index contributed by atoms with van der Waals surface area (Å²) in [4.78, 5) is 14.2. The Morgan fingerprint density at radius 3 is 2.89 bits per heavy atom. The third kappa shape index (κ3) is 4.56. The highest BCUT2D eigenvalue weighted by Crippen LogP contribution is 2.26. The van der Waals surface area contributed by atoms with Crippen LogP contribution in [0.15, 0.2) is 45.4 Å². The van der Waals surface area contributed by atoms with Crippen molar-refractivity contribution in [2.24, 2.45) is 0 Å². The molecule has 0 aliphatic heterocycles. The van der Waals surface area contributed by atoms with Gasteiger partial charge in [-0.2, -0.15) is 5.10 Å². The predicted molar refractivity (Wildman–Crippen MR) is 106 cm³/mol. The Labute approximate surface area is 175 Å². The van der Waals surface area contributed by atoms with Gasteiger partial charge in [-0.25, -0.2) is 4.39 Å². The van der Waals surface area contributed by atoms with Crippen LogP contribution in [0.3, 0.4) is 0 Å². The number of carbonyl (C=O) groups is 1. The molecule has 6 nitrogen and oxygen atoms in total. The number of halogens is 3. The second-order valence-electron chi connectivity index (χ2n) is 6.05. The van der Waals surface area contributed by atoms with Gasteiger partial charge < -0.3 is 14.1 Å². The molecule has 0 aliphatic rings. The molecule has 0 spiro atoms. The van der Waals surface area contributed by atoms with Gasteiger partial charge in [0.2, 0.25) is 0 Å². The van der Waals surface area contributed by atoms with Gasteiger partial charge in [0, 0.05) is 13.6 Å². The van der Waals surface area contributed by atoms with Crippen molar-refractivity contribution in [3.63, 3.8) is 0 Å². The molecule has 0 saturated heterocycles. The first kappa shape index (κ1) is 20.4. The van der Waals surface area contributed by atoms with Gasteiger partial charge in [-0.15, -0.1) is 0 Å². The van der Waals surface area contributed by atoms with Gasteiger partial charge in [0.15, 0.2) is 5.76 Å². The van der Waals surface area contributed by atoms with Crippen LogP contribution in [0.4, 0.5) is 4.39 Å². The third-order valence-electron chi connectivity index (χ3n) is 4.07. The molecule has 3 rings (SSSR count). The molecule has 9 heteroatoms. The van der Waals surface area contributed by atoms with E-state index < -0.39 is 5.82 Å². The maximum atomic E-state index is 13.1. The number of furan rings is 1. The molecule has 148 valence electrons. The minimum absolute atomic E-state index is 0.0660. The van der Waals surface area contributed by atoms with E-state index in [1.165, 1.54) is 18.2 Å². The Hall–Kier alpha value is -2.32. The molecule has 0 saturated carbocycles. The molecule has 1 amide bonds. The van der Waals surface area contributed by atoms with Crippen molar-refractivity contribution in [1.82, 2.24) is 14.7 Å². The Bertz CT molecular complexity index is 989. The monoisotopic (exact) mass is 469 g/mol. The lowest BCUT2D eigenvalue weighted by molar-refractivity contribution is 0.0745. The quantitative estimate of drug-likeness (QED) is 0.493. The Morgan fingerprint density at radius 1 is 1.39 bits per heavy atom. The van der Waals surface area contributed by atoms with Gasteiger partial charge >= 0.3 is 0 Å².